The molecular formula is C21H36N2O4. The third-order valence-electron chi connectivity index (χ3n) is 4.59. The van der Waals surface area contributed by atoms with Gasteiger partial charge in [0.25, 0.3) is 0 Å². The van der Waals surface area contributed by atoms with E-state index >= 15 is 0 Å². The number of hydrogen-bond donors (Lipinski definition) is 1. The number of rotatable bonds is 9. The van der Waals surface area contributed by atoms with Gasteiger partial charge in [-0.05, 0) is 66.7 Å². The maximum atomic E-state index is 13.0. The van der Waals surface area contributed by atoms with Crippen LogP contribution in [-0.4, -0.2) is 46.9 Å². The number of carbonyl (C=O) groups is 3. The number of ether oxygens (including phenoxy) is 1. The second-order valence-corrected chi connectivity index (χ2v) is 8.21. The number of alkyl carbamates (subject to hydrolysis) is 1. The van der Waals surface area contributed by atoms with Crippen LogP contribution in [0, 0.1) is 0 Å². The molecule has 1 saturated heterocycles. The minimum Gasteiger partial charge on any atom is -0.444 e. The lowest BCUT2D eigenvalue weighted by Gasteiger charge is -2.29. The summed E-state index contributed by atoms with van der Waals surface area (Å²) >= 11 is 0. The van der Waals surface area contributed by atoms with Crippen molar-refractivity contribution in [2.75, 3.05) is 6.54 Å². The molecule has 154 valence electrons. The van der Waals surface area contributed by atoms with Crippen molar-refractivity contribution >= 4 is 17.8 Å². The maximum absolute atomic E-state index is 13.0. The monoisotopic (exact) mass is 380 g/mol. The van der Waals surface area contributed by atoms with Crippen molar-refractivity contribution in [2.24, 2.45) is 0 Å². The fourth-order valence-electron chi connectivity index (χ4n) is 3.31. The summed E-state index contributed by atoms with van der Waals surface area (Å²) < 4.78 is 5.32. The van der Waals surface area contributed by atoms with Crippen molar-refractivity contribution in [1.29, 1.82) is 0 Å². The van der Waals surface area contributed by atoms with Gasteiger partial charge in [0.15, 0.2) is 5.78 Å². The normalized spacial score (nSPS) is 18.6. The molecule has 1 heterocycles. The van der Waals surface area contributed by atoms with E-state index in [0.717, 1.165) is 32.1 Å². The van der Waals surface area contributed by atoms with Crippen molar-refractivity contribution in [1.82, 2.24) is 10.2 Å². The lowest BCUT2D eigenvalue weighted by atomic mass is 10.0. The highest BCUT2D eigenvalue weighted by Crippen LogP contribution is 2.21. The summed E-state index contributed by atoms with van der Waals surface area (Å²) in [5, 5.41) is 2.73. The molecule has 0 aromatic carbocycles. The van der Waals surface area contributed by atoms with Gasteiger partial charge in [-0.2, -0.15) is 0 Å². The van der Waals surface area contributed by atoms with E-state index in [-0.39, 0.29) is 17.7 Å². The molecule has 6 nitrogen and oxygen atoms in total. The van der Waals surface area contributed by atoms with Crippen molar-refractivity contribution in [3.8, 4) is 0 Å². The van der Waals surface area contributed by atoms with E-state index in [1.165, 1.54) is 6.92 Å². The molecule has 0 aliphatic carbocycles. The zero-order chi connectivity index (χ0) is 20.4. The lowest BCUT2D eigenvalue weighted by molar-refractivity contribution is -0.138. The molecule has 1 fully saturated rings. The SMILES string of the molecule is C/C=C\CCCCC[C@H](NC(=O)OC(C)(C)C)C(=O)N1CCC[C@H]1C(C)=O. The molecule has 0 unspecified atom stereocenters. The molecular weight excluding hydrogens is 344 g/mol. The van der Waals surface area contributed by atoms with Crippen LogP contribution in [0.1, 0.15) is 79.6 Å². The molecule has 1 aliphatic rings. The van der Waals surface area contributed by atoms with E-state index < -0.39 is 17.7 Å². The van der Waals surface area contributed by atoms with Crippen molar-refractivity contribution < 1.29 is 19.1 Å². The quantitative estimate of drug-likeness (QED) is 0.485. The molecule has 0 saturated carbocycles. The fourth-order valence-corrected chi connectivity index (χ4v) is 3.31. The topological polar surface area (TPSA) is 75.7 Å². The van der Waals surface area contributed by atoms with Crippen LogP contribution >= 0.6 is 0 Å². The van der Waals surface area contributed by atoms with Gasteiger partial charge in [0.1, 0.15) is 11.6 Å². The Bertz CT molecular complexity index is 537. The average Bonchev–Trinajstić information content (AvgIpc) is 3.04. The second kappa shape index (κ2) is 11.1. The average molecular weight is 381 g/mol. The number of amides is 2. The van der Waals surface area contributed by atoms with Crippen molar-refractivity contribution in [2.45, 2.75) is 97.2 Å². The Morgan fingerprint density at radius 2 is 1.93 bits per heavy atom. The summed E-state index contributed by atoms with van der Waals surface area (Å²) in [7, 11) is 0. The zero-order valence-corrected chi connectivity index (χ0v) is 17.5. The molecule has 6 heteroatoms. The largest absolute Gasteiger partial charge is 0.444 e. The third-order valence-corrected chi connectivity index (χ3v) is 4.59. The van der Waals surface area contributed by atoms with E-state index in [9.17, 15) is 14.4 Å². The predicted molar refractivity (Wildman–Crippen MR) is 106 cm³/mol. The number of hydrogen-bond acceptors (Lipinski definition) is 4. The summed E-state index contributed by atoms with van der Waals surface area (Å²) in [6.07, 6.45) is 9.53. The Morgan fingerprint density at radius 3 is 2.52 bits per heavy atom. The second-order valence-electron chi connectivity index (χ2n) is 8.21. The Labute approximate surface area is 163 Å². The highest BCUT2D eigenvalue weighted by atomic mass is 16.6. The van der Waals surface area contributed by atoms with Crippen LogP contribution in [-0.2, 0) is 14.3 Å². The van der Waals surface area contributed by atoms with E-state index in [2.05, 4.69) is 11.4 Å². The summed E-state index contributed by atoms with van der Waals surface area (Å²) in [5.74, 6) is -0.171. The molecule has 0 aromatic rings. The van der Waals surface area contributed by atoms with Gasteiger partial charge in [0.05, 0.1) is 6.04 Å². The van der Waals surface area contributed by atoms with Crippen LogP contribution in [0.2, 0.25) is 0 Å². The van der Waals surface area contributed by atoms with Gasteiger partial charge >= 0.3 is 6.09 Å². The smallest absolute Gasteiger partial charge is 0.408 e. The first kappa shape index (κ1) is 23.2. The number of carbonyl (C=O) groups excluding carboxylic acids is 3. The summed E-state index contributed by atoms with van der Waals surface area (Å²) in [4.78, 5) is 38.7. The minimum absolute atomic E-state index is 0.00298. The number of nitrogens with zero attached hydrogens (tertiary/aromatic N) is 1. The molecule has 1 aliphatic heterocycles. The summed E-state index contributed by atoms with van der Waals surface area (Å²) in [6, 6.07) is -1.02. The fraction of sp³-hybridized carbons (Fsp3) is 0.762. The van der Waals surface area contributed by atoms with Gasteiger partial charge in [-0.25, -0.2) is 4.79 Å². The maximum Gasteiger partial charge on any atom is 0.408 e. The predicted octanol–water partition coefficient (Wildman–Crippen LogP) is 3.99. The molecule has 0 radical (unpaired) electrons. The van der Waals surface area contributed by atoms with Gasteiger partial charge in [0.2, 0.25) is 5.91 Å². The molecule has 2 atom stereocenters. The van der Waals surface area contributed by atoms with Gasteiger partial charge in [-0.15, -0.1) is 0 Å². The first-order valence-corrected chi connectivity index (χ1v) is 10.1. The first-order chi connectivity index (χ1) is 12.7. The molecule has 0 aromatic heterocycles. The van der Waals surface area contributed by atoms with Crippen LogP contribution in [0.25, 0.3) is 0 Å². The molecule has 1 rings (SSSR count). The number of ketones is 1. The summed E-state index contributed by atoms with van der Waals surface area (Å²) in [5.41, 5.74) is -0.625. The highest BCUT2D eigenvalue weighted by molar-refractivity contribution is 5.91. The number of unbranched alkanes of at least 4 members (excludes halogenated alkanes) is 3. The van der Waals surface area contributed by atoms with Crippen LogP contribution in [0.3, 0.4) is 0 Å². The van der Waals surface area contributed by atoms with Gasteiger partial charge in [-0.1, -0.05) is 25.0 Å². The molecule has 2 amide bonds. The van der Waals surface area contributed by atoms with Gasteiger partial charge in [-0.3, -0.25) is 9.59 Å². The molecule has 0 spiro atoms. The Morgan fingerprint density at radius 1 is 1.22 bits per heavy atom. The lowest BCUT2D eigenvalue weighted by Crippen LogP contribution is -2.52. The van der Waals surface area contributed by atoms with Crippen molar-refractivity contribution in [3.05, 3.63) is 12.2 Å². The standard InChI is InChI=1S/C21H36N2O4/c1-6-7-8-9-10-11-13-17(22-20(26)27-21(3,4)5)19(25)23-15-12-14-18(23)16(2)24/h6-7,17-18H,8-15H2,1-5H3,(H,22,26)/b7-6-/t17-,18-/m0/s1. The van der Waals surface area contributed by atoms with E-state index in [0.29, 0.717) is 19.4 Å². The number of allylic oxidation sites excluding steroid dienone is 2. The van der Waals surface area contributed by atoms with E-state index in [4.69, 9.17) is 4.74 Å². The first-order valence-electron chi connectivity index (χ1n) is 10.1. The van der Waals surface area contributed by atoms with Crippen LogP contribution < -0.4 is 5.32 Å². The molecule has 0 bridgehead atoms. The molecule has 1 N–H and O–H groups in total. The van der Waals surface area contributed by atoms with E-state index in [1.54, 1.807) is 25.7 Å². The highest BCUT2D eigenvalue weighted by Gasteiger charge is 2.36. The zero-order valence-electron chi connectivity index (χ0n) is 17.5. The summed E-state index contributed by atoms with van der Waals surface area (Å²) in [6.45, 7) is 9.45. The third kappa shape index (κ3) is 8.59. The Hall–Kier alpha value is -1.85. The minimum atomic E-state index is -0.651. The van der Waals surface area contributed by atoms with Crippen molar-refractivity contribution in [3.63, 3.8) is 0 Å². The Balaban J connectivity index is 2.72. The van der Waals surface area contributed by atoms with Gasteiger partial charge in [0, 0.05) is 6.54 Å². The Kier molecular flexibility index (Phi) is 9.53. The number of likely N-dealkylation sites (tertiary alicyclic amines) is 1. The molecule has 27 heavy (non-hydrogen) atoms. The number of nitrogens with one attached hydrogen (secondary N) is 1. The number of Topliss-reactive ketones (excluding diaryl/α,β-unsaturated/α-hetero) is 1. The van der Waals surface area contributed by atoms with Gasteiger partial charge < -0.3 is 15.0 Å². The van der Waals surface area contributed by atoms with Crippen LogP contribution in [0.4, 0.5) is 4.79 Å². The van der Waals surface area contributed by atoms with Crippen LogP contribution in [0.15, 0.2) is 12.2 Å². The van der Waals surface area contributed by atoms with E-state index in [1.807, 2.05) is 13.0 Å². The van der Waals surface area contributed by atoms with Crippen LogP contribution in [0.5, 0.6) is 0 Å².